The molecule has 2 aromatic carbocycles. The molecule has 0 amide bonds. The van der Waals surface area contributed by atoms with Gasteiger partial charge in [-0.05, 0) is 76.2 Å². The SMILES string of the molecule is CCn1nc(-c2cccnc2)c(C(C)=O)c(Nc2ccccc2Cl)c1=O.CCn1nc(-c2cccnc2)c(C(C)=O)c(Nc2ccccc2F)c1=O. The molecule has 14 heteroatoms. The first-order chi connectivity index (χ1) is 25.0. The van der Waals surface area contributed by atoms with Gasteiger partial charge in [0, 0.05) is 49.0 Å². The average molecular weight is 721 g/mol. The van der Waals surface area contributed by atoms with Gasteiger partial charge in [0.25, 0.3) is 11.1 Å². The number of nitrogens with zero attached hydrogens (tertiary/aromatic N) is 6. The molecule has 52 heavy (non-hydrogen) atoms. The van der Waals surface area contributed by atoms with Gasteiger partial charge in [0.05, 0.1) is 27.5 Å². The summed E-state index contributed by atoms with van der Waals surface area (Å²) >= 11 is 6.21. The summed E-state index contributed by atoms with van der Waals surface area (Å²) in [5, 5.41) is 15.0. The number of pyridine rings is 2. The monoisotopic (exact) mass is 720 g/mol. The third-order valence-electron chi connectivity index (χ3n) is 7.75. The Hall–Kier alpha value is -6.34. The summed E-state index contributed by atoms with van der Waals surface area (Å²) in [5.74, 6) is -1.15. The summed E-state index contributed by atoms with van der Waals surface area (Å²) in [6.07, 6.45) is 6.41. The average Bonchev–Trinajstić information content (AvgIpc) is 3.15. The maximum atomic E-state index is 14.1. The Morgan fingerprint density at radius 1 is 0.673 bits per heavy atom. The number of ketones is 2. The summed E-state index contributed by atoms with van der Waals surface area (Å²) in [6.45, 7) is 7.00. The van der Waals surface area contributed by atoms with Gasteiger partial charge in [0.15, 0.2) is 11.6 Å². The number of para-hydroxylation sites is 2. The molecule has 0 saturated carbocycles. The van der Waals surface area contributed by atoms with Crippen LogP contribution in [0.15, 0.2) is 107 Å². The molecule has 0 saturated heterocycles. The molecular weight excluding hydrogens is 687 g/mol. The number of carbonyl (C=O) groups is 2. The number of anilines is 4. The van der Waals surface area contributed by atoms with Gasteiger partial charge < -0.3 is 10.6 Å². The van der Waals surface area contributed by atoms with Gasteiger partial charge in [-0.25, -0.2) is 13.8 Å². The minimum Gasteiger partial charge on any atom is -0.349 e. The predicted octanol–water partition coefficient (Wildman–Crippen LogP) is 7.34. The summed E-state index contributed by atoms with van der Waals surface area (Å²) in [6, 6.07) is 20.0. The third kappa shape index (κ3) is 8.00. The summed E-state index contributed by atoms with van der Waals surface area (Å²) in [7, 11) is 0. The third-order valence-corrected chi connectivity index (χ3v) is 8.08. The molecule has 0 aliphatic heterocycles. The van der Waals surface area contributed by atoms with Crippen molar-refractivity contribution in [3.63, 3.8) is 0 Å². The zero-order valence-corrected chi connectivity index (χ0v) is 29.5. The van der Waals surface area contributed by atoms with Crippen LogP contribution in [0, 0.1) is 5.82 Å². The van der Waals surface area contributed by atoms with Crippen molar-refractivity contribution < 1.29 is 14.0 Å². The Kier molecular flexibility index (Phi) is 11.8. The van der Waals surface area contributed by atoms with Crippen molar-refractivity contribution in [2.75, 3.05) is 10.6 Å². The summed E-state index contributed by atoms with van der Waals surface area (Å²) < 4.78 is 16.6. The van der Waals surface area contributed by atoms with Gasteiger partial charge >= 0.3 is 0 Å². The van der Waals surface area contributed by atoms with Crippen LogP contribution in [0.5, 0.6) is 0 Å². The van der Waals surface area contributed by atoms with E-state index in [1.54, 1.807) is 92.4 Å². The van der Waals surface area contributed by atoms with Crippen molar-refractivity contribution in [1.82, 2.24) is 29.5 Å². The molecule has 4 heterocycles. The largest absolute Gasteiger partial charge is 0.349 e. The van der Waals surface area contributed by atoms with Crippen LogP contribution >= 0.6 is 11.6 Å². The second-order valence-corrected chi connectivity index (χ2v) is 11.7. The Morgan fingerprint density at radius 2 is 1.12 bits per heavy atom. The number of nitrogens with one attached hydrogen (secondary N) is 2. The second-order valence-electron chi connectivity index (χ2n) is 11.2. The molecule has 6 aromatic rings. The number of Topliss-reactive ketones (excluding diaryl/α,β-unsaturated/α-hetero) is 2. The Labute approximate surface area is 303 Å². The van der Waals surface area contributed by atoms with E-state index < -0.39 is 11.4 Å². The Bertz CT molecular complexity index is 2200. The number of aromatic nitrogens is 6. The quantitative estimate of drug-likeness (QED) is 0.138. The maximum absolute atomic E-state index is 14.1. The normalized spacial score (nSPS) is 10.6. The van der Waals surface area contributed by atoms with Gasteiger partial charge in [-0.15, -0.1) is 0 Å². The fourth-order valence-corrected chi connectivity index (χ4v) is 5.47. The molecule has 0 bridgehead atoms. The van der Waals surface area contributed by atoms with Gasteiger partial charge in [-0.3, -0.25) is 29.1 Å². The molecule has 0 radical (unpaired) electrons. The van der Waals surface area contributed by atoms with Gasteiger partial charge in [-0.2, -0.15) is 10.2 Å². The molecule has 0 spiro atoms. The van der Waals surface area contributed by atoms with Crippen molar-refractivity contribution in [3.8, 4) is 22.5 Å². The van der Waals surface area contributed by atoms with Crippen molar-refractivity contribution in [2.24, 2.45) is 0 Å². The second kappa shape index (κ2) is 16.6. The number of carbonyl (C=O) groups excluding carboxylic acids is 2. The lowest BCUT2D eigenvalue weighted by molar-refractivity contribution is 0.101. The number of hydrogen-bond donors (Lipinski definition) is 2. The van der Waals surface area contributed by atoms with E-state index in [2.05, 4.69) is 30.8 Å². The number of aryl methyl sites for hydroxylation is 2. The molecule has 0 unspecified atom stereocenters. The van der Waals surface area contributed by atoms with Crippen molar-refractivity contribution >= 4 is 45.9 Å². The number of rotatable bonds is 10. The summed E-state index contributed by atoms with van der Waals surface area (Å²) in [5.41, 5.74) is 2.23. The fraction of sp³-hybridized carbons (Fsp3) is 0.158. The van der Waals surface area contributed by atoms with E-state index in [0.29, 0.717) is 46.3 Å². The van der Waals surface area contributed by atoms with Crippen LogP contribution in [0.25, 0.3) is 22.5 Å². The highest BCUT2D eigenvalue weighted by molar-refractivity contribution is 6.33. The minimum absolute atomic E-state index is 0.00157. The lowest BCUT2D eigenvalue weighted by Crippen LogP contribution is -2.28. The number of benzene rings is 2. The molecule has 2 N–H and O–H groups in total. The van der Waals surface area contributed by atoms with Crippen molar-refractivity contribution in [1.29, 1.82) is 0 Å². The molecule has 12 nitrogen and oxygen atoms in total. The first-order valence-electron chi connectivity index (χ1n) is 16.2. The Balaban J connectivity index is 0.000000201. The van der Waals surface area contributed by atoms with E-state index >= 15 is 0 Å². The van der Waals surface area contributed by atoms with E-state index in [4.69, 9.17) is 11.6 Å². The topological polar surface area (TPSA) is 154 Å². The molecule has 264 valence electrons. The van der Waals surface area contributed by atoms with E-state index in [-0.39, 0.29) is 45.3 Å². The fourth-order valence-electron chi connectivity index (χ4n) is 5.29. The van der Waals surface area contributed by atoms with E-state index in [0.717, 1.165) is 0 Å². The van der Waals surface area contributed by atoms with E-state index in [1.807, 2.05) is 6.92 Å². The first kappa shape index (κ1) is 36.9. The van der Waals surface area contributed by atoms with Crippen LogP contribution in [0.3, 0.4) is 0 Å². The zero-order chi connectivity index (χ0) is 37.4. The van der Waals surface area contributed by atoms with E-state index in [1.165, 1.54) is 35.3 Å². The summed E-state index contributed by atoms with van der Waals surface area (Å²) in [4.78, 5) is 58.5. The minimum atomic E-state index is -0.524. The van der Waals surface area contributed by atoms with Crippen molar-refractivity contribution in [3.05, 3.63) is 140 Å². The molecule has 0 aliphatic carbocycles. The van der Waals surface area contributed by atoms with Crippen molar-refractivity contribution in [2.45, 2.75) is 40.8 Å². The lowest BCUT2D eigenvalue weighted by atomic mass is 10.0. The zero-order valence-electron chi connectivity index (χ0n) is 28.7. The first-order valence-corrected chi connectivity index (χ1v) is 16.6. The van der Waals surface area contributed by atoms with Crippen LogP contribution < -0.4 is 21.8 Å². The predicted molar refractivity (Wildman–Crippen MR) is 199 cm³/mol. The molecule has 0 fully saturated rings. The highest BCUT2D eigenvalue weighted by atomic mass is 35.5. The van der Waals surface area contributed by atoms with Crippen LogP contribution in [-0.4, -0.2) is 41.1 Å². The molecule has 4 aromatic heterocycles. The number of hydrogen-bond acceptors (Lipinski definition) is 10. The molecule has 0 atom stereocenters. The van der Waals surface area contributed by atoms with Crippen LogP contribution in [0.2, 0.25) is 5.02 Å². The highest BCUT2D eigenvalue weighted by Gasteiger charge is 2.24. The number of halogens is 2. The Morgan fingerprint density at radius 3 is 1.52 bits per heavy atom. The molecule has 6 rings (SSSR count). The van der Waals surface area contributed by atoms with E-state index in [9.17, 15) is 23.6 Å². The molecule has 0 aliphatic rings. The van der Waals surface area contributed by atoms with Gasteiger partial charge in [0.2, 0.25) is 0 Å². The van der Waals surface area contributed by atoms with Crippen LogP contribution in [0.4, 0.5) is 27.1 Å². The van der Waals surface area contributed by atoms with Crippen LogP contribution in [0.1, 0.15) is 48.4 Å². The van der Waals surface area contributed by atoms with Gasteiger partial charge in [0.1, 0.15) is 28.6 Å². The van der Waals surface area contributed by atoms with Gasteiger partial charge in [-0.1, -0.05) is 35.9 Å². The smallest absolute Gasteiger partial charge is 0.291 e. The molecular formula is C38H34ClFN8O4. The maximum Gasteiger partial charge on any atom is 0.291 e. The highest BCUT2D eigenvalue weighted by Crippen LogP contribution is 2.30. The van der Waals surface area contributed by atoms with Crippen LogP contribution in [-0.2, 0) is 13.1 Å². The standard InChI is InChI=1S/C19H17ClN4O2.C19H17FN4O2/c2*1-3-24-19(26)18(22-15-9-5-4-8-14(15)20)16(12(2)25)17(23-24)13-7-6-10-21-11-13/h2*4-11,22H,3H2,1-2H3. The lowest BCUT2D eigenvalue weighted by Gasteiger charge is -2.16.